The summed E-state index contributed by atoms with van der Waals surface area (Å²) in [6.07, 6.45) is -5.63. The minimum absolute atomic E-state index is 0.251. The van der Waals surface area contributed by atoms with Gasteiger partial charge in [0.25, 0.3) is 0 Å². The summed E-state index contributed by atoms with van der Waals surface area (Å²) in [5.74, 6) is 0. The second kappa shape index (κ2) is 14.3. The average molecular weight is 541 g/mol. The third kappa shape index (κ3) is 7.43. The van der Waals surface area contributed by atoms with Gasteiger partial charge < -0.3 is 29.2 Å². The molecule has 5 rings (SSSR count). The Balaban J connectivity index is 1.42. The van der Waals surface area contributed by atoms with Crippen LogP contribution in [0.5, 0.6) is 0 Å². The molecular formula is C34H36O6. The first kappa shape index (κ1) is 28.2. The molecule has 6 heteroatoms. The lowest BCUT2D eigenvalue weighted by Crippen LogP contribution is -2.66. The van der Waals surface area contributed by atoms with E-state index in [0.717, 1.165) is 22.3 Å². The third-order valence-electron chi connectivity index (χ3n) is 7.14. The molecule has 0 saturated heterocycles. The minimum Gasteiger partial charge on any atom is -0.387 e. The summed E-state index contributed by atoms with van der Waals surface area (Å²) in [6.45, 7) is 1.08. The fraction of sp³-hybridized carbons (Fsp3) is 0.294. The molecule has 1 fully saturated rings. The number of aliphatic hydroxyl groups is 2. The Morgan fingerprint density at radius 1 is 0.350 bits per heavy atom. The lowest BCUT2D eigenvalue weighted by Gasteiger charge is -2.47. The number of hydrogen-bond donors (Lipinski definition) is 2. The molecule has 0 radical (unpaired) electrons. The predicted octanol–water partition coefficient (Wildman–Crippen LogP) is 5.06. The third-order valence-corrected chi connectivity index (χ3v) is 7.14. The van der Waals surface area contributed by atoms with Gasteiger partial charge in [-0.15, -0.1) is 0 Å². The van der Waals surface area contributed by atoms with Crippen LogP contribution in [0.1, 0.15) is 22.3 Å². The van der Waals surface area contributed by atoms with Gasteiger partial charge in [0.15, 0.2) is 0 Å². The van der Waals surface area contributed by atoms with E-state index in [4.69, 9.17) is 18.9 Å². The van der Waals surface area contributed by atoms with Gasteiger partial charge in [-0.25, -0.2) is 0 Å². The van der Waals surface area contributed by atoms with Crippen LogP contribution in [0.25, 0.3) is 0 Å². The average Bonchev–Trinajstić information content (AvgIpc) is 3.01. The van der Waals surface area contributed by atoms with E-state index in [2.05, 4.69) is 0 Å². The molecular weight excluding hydrogens is 504 g/mol. The van der Waals surface area contributed by atoms with Crippen molar-refractivity contribution in [2.24, 2.45) is 0 Å². The highest BCUT2D eigenvalue weighted by atomic mass is 16.6. The van der Waals surface area contributed by atoms with Gasteiger partial charge in [-0.2, -0.15) is 0 Å². The van der Waals surface area contributed by atoms with Crippen molar-refractivity contribution in [2.45, 2.75) is 63.1 Å². The standard InChI is InChI=1S/C34H36O6/c35-29-30(36)32(38-22-26-15-7-2-8-16-26)34(40-24-28-19-11-4-12-20-28)33(39-23-27-17-9-3-10-18-27)31(29)37-21-25-13-5-1-6-14-25/h1-20,29-36H,21-24H2/t29-,30+,31-,32-,33+,34-/m0/s1. The van der Waals surface area contributed by atoms with Gasteiger partial charge >= 0.3 is 0 Å². The summed E-state index contributed by atoms with van der Waals surface area (Å²) in [5.41, 5.74) is 3.87. The molecule has 0 spiro atoms. The molecule has 4 aromatic rings. The van der Waals surface area contributed by atoms with E-state index in [1.54, 1.807) is 0 Å². The quantitative estimate of drug-likeness (QED) is 0.262. The van der Waals surface area contributed by atoms with Crippen molar-refractivity contribution >= 4 is 0 Å². The summed E-state index contributed by atoms with van der Waals surface area (Å²) < 4.78 is 25.5. The normalized spacial score (nSPS) is 24.6. The van der Waals surface area contributed by atoms with Crippen LogP contribution in [0.3, 0.4) is 0 Å². The summed E-state index contributed by atoms with van der Waals surface area (Å²) in [6, 6.07) is 39.1. The van der Waals surface area contributed by atoms with Crippen molar-refractivity contribution in [1.29, 1.82) is 0 Å². The second-order valence-corrected chi connectivity index (χ2v) is 10.0. The van der Waals surface area contributed by atoms with Crippen LogP contribution in [-0.2, 0) is 45.4 Å². The monoisotopic (exact) mass is 540 g/mol. The zero-order chi connectivity index (χ0) is 27.6. The SMILES string of the molecule is O[C@@H]1[C@H](O)[C@H](OCc2ccccc2)[C@@H](OCc2ccccc2)[C@@H](OCc2ccccc2)[C@H]1OCc1ccccc1. The van der Waals surface area contributed by atoms with Crippen LogP contribution in [0, 0.1) is 0 Å². The van der Waals surface area contributed by atoms with Gasteiger partial charge in [0.2, 0.25) is 0 Å². The molecule has 2 N–H and O–H groups in total. The van der Waals surface area contributed by atoms with E-state index in [1.807, 2.05) is 121 Å². The van der Waals surface area contributed by atoms with E-state index < -0.39 is 36.6 Å². The molecule has 40 heavy (non-hydrogen) atoms. The van der Waals surface area contributed by atoms with Gasteiger partial charge in [-0.1, -0.05) is 121 Å². The molecule has 6 nitrogen and oxygen atoms in total. The van der Waals surface area contributed by atoms with Crippen LogP contribution in [0.15, 0.2) is 121 Å². The van der Waals surface area contributed by atoms with Crippen molar-refractivity contribution < 1.29 is 29.2 Å². The molecule has 0 heterocycles. The first-order valence-corrected chi connectivity index (χ1v) is 13.7. The molecule has 4 aromatic carbocycles. The molecule has 1 aliphatic carbocycles. The molecule has 6 atom stereocenters. The number of ether oxygens (including phenoxy) is 4. The Hall–Kier alpha value is -3.36. The molecule has 0 aliphatic heterocycles. The van der Waals surface area contributed by atoms with Crippen LogP contribution >= 0.6 is 0 Å². The number of aliphatic hydroxyl groups excluding tert-OH is 2. The van der Waals surface area contributed by atoms with Crippen LogP contribution < -0.4 is 0 Å². The van der Waals surface area contributed by atoms with E-state index in [0.29, 0.717) is 0 Å². The van der Waals surface area contributed by atoms with Crippen molar-refractivity contribution in [3.8, 4) is 0 Å². The van der Waals surface area contributed by atoms with Crippen LogP contribution in [-0.4, -0.2) is 46.8 Å². The topological polar surface area (TPSA) is 77.4 Å². The molecule has 208 valence electrons. The summed E-state index contributed by atoms with van der Waals surface area (Å²) in [7, 11) is 0. The van der Waals surface area contributed by atoms with Gasteiger partial charge in [-0.3, -0.25) is 0 Å². The van der Waals surface area contributed by atoms with Crippen LogP contribution in [0.4, 0.5) is 0 Å². The smallest absolute Gasteiger partial charge is 0.116 e. The lowest BCUT2D eigenvalue weighted by atomic mass is 9.84. The Morgan fingerprint density at radius 2 is 0.575 bits per heavy atom. The summed E-state index contributed by atoms with van der Waals surface area (Å²) >= 11 is 0. The highest BCUT2D eigenvalue weighted by Crippen LogP contribution is 2.32. The van der Waals surface area contributed by atoms with Crippen molar-refractivity contribution in [3.05, 3.63) is 144 Å². The van der Waals surface area contributed by atoms with E-state index in [-0.39, 0.29) is 26.4 Å². The van der Waals surface area contributed by atoms with Gasteiger partial charge in [0.1, 0.15) is 36.6 Å². The zero-order valence-electron chi connectivity index (χ0n) is 22.4. The molecule has 0 unspecified atom stereocenters. The first-order chi connectivity index (χ1) is 19.7. The molecule has 0 amide bonds. The highest BCUT2D eigenvalue weighted by molar-refractivity contribution is 5.17. The summed E-state index contributed by atoms with van der Waals surface area (Å²) in [5, 5.41) is 22.7. The Bertz CT molecular complexity index is 1150. The molecule has 0 aromatic heterocycles. The Kier molecular flexibility index (Phi) is 10.1. The second-order valence-electron chi connectivity index (χ2n) is 10.0. The van der Waals surface area contributed by atoms with E-state index >= 15 is 0 Å². The Labute approximate surface area is 235 Å². The van der Waals surface area contributed by atoms with Crippen molar-refractivity contribution in [2.75, 3.05) is 0 Å². The predicted molar refractivity (Wildman–Crippen MR) is 152 cm³/mol. The Morgan fingerprint density at radius 3 is 0.825 bits per heavy atom. The fourth-order valence-electron chi connectivity index (χ4n) is 4.98. The van der Waals surface area contributed by atoms with Gasteiger partial charge in [0, 0.05) is 0 Å². The van der Waals surface area contributed by atoms with E-state index in [1.165, 1.54) is 0 Å². The first-order valence-electron chi connectivity index (χ1n) is 13.7. The maximum absolute atomic E-state index is 11.4. The fourth-order valence-corrected chi connectivity index (χ4v) is 4.98. The largest absolute Gasteiger partial charge is 0.387 e. The van der Waals surface area contributed by atoms with Crippen molar-refractivity contribution in [1.82, 2.24) is 0 Å². The van der Waals surface area contributed by atoms with Gasteiger partial charge in [0.05, 0.1) is 26.4 Å². The maximum atomic E-state index is 11.4. The van der Waals surface area contributed by atoms with Crippen LogP contribution in [0.2, 0.25) is 0 Å². The molecule has 1 saturated carbocycles. The molecule has 1 aliphatic rings. The van der Waals surface area contributed by atoms with Gasteiger partial charge in [-0.05, 0) is 22.3 Å². The van der Waals surface area contributed by atoms with Crippen molar-refractivity contribution in [3.63, 3.8) is 0 Å². The highest BCUT2D eigenvalue weighted by Gasteiger charge is 2.52. The zero-order valence-corrected chi connectivity index (χ0v) is 22.4. The van der Waals surface area contributed by atoms with E-state index in [9.17, 15) is 10.2 Å². The number of rotatable bonds is 12. The number of hydrogen-bond acceptors (Lipinski definition) is 6. The minimum atomic E-state index is -1.25. The molecule has 0 bridgehead atoms. The number of benzene rings is 4. The lowest BCUT2D eigenvalue weighted by molar-refractivity contribution is -0.273. The maximum Gasteiger partial charge on any atom is 0.116 e. The summed E-state index contributed by atoms with van der Waals surface area (Å²) in [4.78, 5) is 0.